The minimum atomic E-state index is -0.312. The lowest BCUT2D eigenvalue weighted by Gasteiger charge is -2.16. The highest BCUT2D eigenvalue weighted by molar-refractivity contribution is 5.86. The number of hydrogen-bond acceptors (Lipinski definition) is 2. The van der Waals surface area contributed by atoms with Crippen LogP contribution in [-0.4, -0.2) is 15.6 Å². The van der Waals surface area contributed by atoms with Crippen LogP contribution in [0.15, 0.2) is 30.5 Å². The first-order chi connectivity index (χ1) is 7.48. The van der Waals surface area contributed by atoms with E-state index in [4.69, 9.17) is 0 Å². The molecule has 0 saturated carbocycles. The first-order valence-corrected chi connectivity index (χ1v) is 5.42. The average Bonchev–Trinajstić information content (AvgIpc) is 2.61. The van der Waals surface area contributed by atoms with E-state index >= 15 is 0 Å². The summed E-state index contributed by atoms with van der Waals surface area (Å²) >= 11 is 0. The molecule has 0 bridgehead atoms. The lowest BCUT2D eigenvalue weighted by molar-refractivity contribution is -0.127. The summed E-state index contributed by atoms with van der Waals surface area (Å²) in [6.45, 7) is 6.14. The van der Waals surface area contributed by atoms with Gasteiger partial charge >= 0.3 is 0 Å². The zero-order valence-corrected chi connectivity index (χ0v) is 9.90. The quantitative estimate of drug-likeness (QED) is 0.773. The van der Waals surface area contributed by atoms with Crippen molar-refractivity contribution in [2.75, 3.05) is 0 Å². The van der Waals surface area contributed by atoms with Gasteiger partial charge in [0.25, 0.3) is 0 Å². The van der Waals surface area contributed by atoms with Gasteiger partial charge in [0.15, 0.2) is 5.78 Å². The molecule has 1 heterocycles. The highest BCUT2D eigenvalue weighted by Crippen LogP contribution is 2.18. The monoisotopic (exact) mass is 216 g/mol. The Morgan fingerprint density at radius 2 is 2.00 bits per heavy atom. The summed E-state index contributed by atoms with van der Waals surface area (Å²) in [4.78, 5) is 11.9. The fourth-order valence-electron chi connectivity index (χ4n) is 1.53. The average molecular weight is 216 g/mol. The number of Topliss-reactive ketones (excluding diaryl/α,β-unsaturated/α-hetero) is 1. The van der Waals surface area contributed by atoms with Gasteiger partial charge in [0.2, 0.25) is 0 Å². The van der Waals surface area contributed by atoms with Crippen LogP contribution in [0.5, 0.6) is 0 Å². The topological polar surface area (TPSA) is 34.9 Å². The maximum atomic E-state index is 11.9. The van der Waals surface area contributed by atoms with Gasteiger partial charge in [-0.1, -0.05) is 39.0 Å². The molecule has 0 radical (unpaired) electrons. The van der Waals surface area contributed by atoms with Crippen LogP contribution in [-0.2, 0) is 11.3 Å². The molecule has 0 atom stereocenters. The predicted octanol–water partition coefficient (Wildman–Crippen LogP) is 2.65. The maximum Gasteiger partial charge on any atom is 0.159 e. The van der Waals surface area contributed by atoms with Gasteiger partial charge < -0.3 is 0 Å². The van der Waals surface area contributed by atoms with Gasteiger partial charge in [0.05, 0.1) is 11.7 Å². The Morgan fingerprint density at radius 1 is 1.31 bits per heavy atom. The number of aromatic nitrogens is 2. The van der Waals surface area contributed by atoms with Crippen molar-refractivity contribution in [3.05, 3.63) is 30.5 Å². The third-order valence-corrected chi connectivity index (χ3v) is 2.68. The molecule has 0 unspecified atom stereocenters. The van der Waals surface area contributed by atoms with Gasteiger partial charge in [-0.2, -0.15) is 5.10 Å². The molecule has 0 N–H and O–H groups in total. The molecule has 0 aliphatic heterocycles. The third-order valence-electron chi connectivity index (χ3n) is 2.68. The molecule has 0 fully saturated rings. The minimum absolute atomic E-state index is 0.196. The largest absolute Gasteiger partial charge is 0.297 e. The standard InChI is InChI=1S/C13H16N2O/c1-13(2,3)12(16)9-15-11-7-5-4-6-10(11)8-14-15/h4-8H,9H2,1-3H3. The van der Waals surface area contributed by atoms with Crippen LogP contribution in [0, 0.1) is 5.41 Å². The number of para-hydroxylation sites is 1. The fraction of sp³-hybridized carbons (Fsp3) is 0.385. The van der Waals surface area contributed by atoms with Crippen LogP contribution < -0.4 is 0 Å². The molecule has 0 aliphatic carbocycles. The second-order valence-corrected chi connectivity index (χ2v) is 5.03. The number of nitrogens with zero attached hydrogens (tertiary/aromatic N) is 2. The second kappa shape index (κ2) is 3.74. The summed E-state index contributed by atoms with van der Waals surface area (Å²) in [5.74, 6) is 0.196. The van der Waals surface area contributed by atoms with Crippen molar-refractivity contribution >= 4 is 16.7 Å². The van der Waals surface area contributed by atoms with Crippen molar-refractivity contribution in [3.8, 4) is 0 Å². The number of carbonyl (C=O) groups excluding carboxylic acids is 1. The highest BCUT2D eigenvalue weighted by Gasteiger charge is 2.21. The SMILES string of the molecule is CC(C)(C)C(=O)Cn1ncc2ccccc21. The van der Waals surface area contributed by atoms with E-state index in [2.05, 4.69) is 5.10 Å². The maximum absolute atomic E-state index is 11.9. The number of rotatable bonds is 2. The third kappa shape index (κ3) is 1.98. The number of benzene rings is 1. The van der Waals surface area contributed by atoms with Crippen LogP contribution in [0.25, 0.3) is 10.9 Å². The van der Waals surface area contributed by atoms with E-state index in [1.165, 1.54) is 0 Å². The summed E-state index contributed by atoms with van der Waals surface area (Å²) in [7, 11) is 0. The van der Waals surface area contributed by atoms with E-state index in [1.807, 2.05) is 45.0 Å². The Labute approximate surface area is 95.1 Å². The van der Waals surface area contributed by atoms with Gasteiger partial charge in [-0.3, -0.25) is 9.48 Å². The highest BCUT2D eigenvalue weighted by atomic mass is 16.1. The Balaban J connectivity index is 2.32. The van der Waals surface area contributed by atoms with E-state index in [1.54, 1.807) is 10.9 Å². The Kier molecular flexibility index (Phi) is 2.54. The molecule has 2 aromatic rings. The fourth-order valence-corrected chi connectivity index (χ4v) is 1.53. The summed E-state index contributed by atoms with van der Waals surface area (Å²) < 4.78 is 1.77. The first kappa shape index (κ1) is 10.9. The van der Waals surface area contributed by atoms with Crippen LogP contribution in [0.2, 0.25) is 0 Å². The number of hydrogen-bond donors (Lipinski definition) is 0. The molecule has 16 heavy (non-hydrogen) atoms. The molecule has 3 heteroatoms. The lowest BCUT2D eigenvalue weighted by Crippen LogP contribution is -2.25. The molecule has 0 spiro atoms. The molecule has 1 aromatic carbocycles. The van der Waals surface area contributed by atoms with Crippen molar-refractivity contribution in [1.29, 1.82) is 0 Å². The summed E-state index contributed by atoms with van der Waals surface area (Å²) in [6.07, 6.45) is 1.80. The molecule has 0 amide bonds. The summed E-state index contributed by atoms with van der Waals surface area (Å²) in [6, 6.07) is 7.92. The Hall–Kier alpha value is -1.64. The molecular formula is C13H16N2O. The zero-order chi connectivity index (χ0) is 11.8. The lowest BCUT2D eigenvalue weighted by atomic mass is 9.91. The number of ketones is 1. The predicted molar refractivity (Wildman–Crippen MR) is 64.2 cm³/mol. The molecule has 84 valence electrons. The van der Waals surface area contributed by atoms with Crippen LogP contribution in [0.1, 0.15) is 20.8 Å². The number of fused-ring (bicyclic) bond motifs is 1. The molecule has 1 aromatic heterocycles. The van der Waals surface area contributed by atoms with Gasteiger partial charge in [-0.05, 0) is 6.07 Å². The van der Waals surface area contributed by atoms with Crippen molar-refractivity contribution in [1.82, 2.24) is 9.78 Å². The summed E-state index contributed by atoms with van der Waals surface area (Å²) in [5.41, 5.74) is 0.702. The van der Waals surface area contributed by atoms with Crippen LogP contribution in [0.4, 0.5) is 0 Å². The second-order valence-electron chi connectivity index (χ2n) is 5.03. The molecule has 0 aliphatic rings. The summed E-state index contributed by atoms with van der Waals surface area (Å²) in [5, 5.41) is 5.32. The van der Waals surface area contributed by atoms with E-state index in [9.17, 15) is 4.79 Å². The van der Waals surface area contributed by atoms with Crippen molar-refractivity contribution in [3.63, 3.8) is 0 Å². The smallest absolute Gasteiger partial charge is 0.159 e. The van der Waals surface area contributed by atoms with E-state index in [0.29, 0.717) is 6.54 Å². The Morgan fingerprint density at radius 3 is 2.69 bits per heavy atom. The van der Waals surface area contributed by atoms with Gasteiger partial charge in [0.1, 0.15) is 6.54 Å². The van der Waals surface area contributed by atoms with Crippen molar-refractivity contribution in [2.45, 2.75) is 27.3 Å². The zero-order valence-electron chi connectivity index (χ0n) is 9.90. The van der Waals surface area contributed by atoms with Gasteiger partial charge in [-0.15, -0.1) is 0 Å². The molecule has 0 saturated heterocycles. The molecule has 3 nitrogen and oxygen atoms in total. The van der Waals surface area contributed by atoms with E-state index in [0.717, 1.165) is 10.9 Å². The van der Waals surface area contributed by atoms with Gasteiger partial charge in [-0.25, -0.2) is 0 Å². The molecule has 2 rings (SSSR count). The van der Waals surface area contributed by atoms with Gasteiger partial charge in [0, 0.05) is 10.8 Å². The Bertz CT molecular complexity index is 520. The van der Waals surface area contributed by atoms with Crippen molar-refractivity contribution < 1.29 is 4.79 Å². The molecular weight excluding hydrogens is 200 g/mol. The van der Waals surface area contributed by atoms with E-state index in [-0.39, 0.29) is 11.2 Å². The first-order valence-electron chi connectivity index (χ1n) is 5.42. The number of carbonyl (C=O) groups is 1. The van der Waals surface area contributed by atoms with Crippen LogP contribution in [0.3, 0.4) is 0 Å². The van der Waals surface area contributed by atoms with Crippen molar-refractivity contribution in [2.24, 2.45) is 5.41 Å². The normalized spacial score (nSPS) is 11.9. The van der Waals surface area contributed by atoms with Crippen LogP contribution >= 0.6 is 0 Å². The van der Waals surface area contributed by atoms with E-state index < -0.39 is 0 Å². The minimum Gasteiger partial charge on any atom is -0.297 e.